The average Bonchev–Trinajstić information content (AvgIpc) is 2.76. The molecule has 10 heteroatoms. The van der Waals surface area contributed by atoms with Gasteiger partial charge in [-0.1, -0.05) is 39.0 Å². The van der Waals surface area contributed by atoms with Crippen molar-refractivity contribution in [2.24, 2.45) is 15.9 Å². The van der Waals surface area contributed by atoms with Gasteiger partial charge in [0.25, 0.3) is 0 Å². The lowest BCUT2D eigenvalue weighted by atomic mass is 9.91. The SMILES string of the molecule is CC(C)(C)c1cccc(CN=CC(=NN)c2cc(-c3cccc(F)c3)nc(N)n2)n1.O=C=O. The lowest BCUT2D eigenvalue weighted by molar-refractivity contribution is -0.191. The van der Waals surface area contributed by atoms with Crippen molar-refractivity contribution in [2.45, 2.75) is 32.7 Å². The second-order valence-electron chi connectivity index (χ2n) is 7.84. The van der Waals surface area contributed by atoms with Crippen molar-refractivity contribution in [1.82, 2.24) is 15.0 Å². The van der Waals surface area contributed by atoms with Crippen molar-refractivity contribution >= 4 is 24.0 Å². The highest BCUT2D eigenvalue weighted by atomic mass is 19.1. The molecule has 0 atom stereocenters. The Hall–Kier alpha value is -4.30. The molecule has 0 fully saturated rings. The molecule has 2 aromatic heterocycles. The molecule has 0 aliphatic rings. The molecular formula is C23H24FN7O2. The van der Waals surface area contributed by atoms with E-state index in [4.69, 9.17) is 21.2 Å². The third-order valence-corrected chi connectivity index (χ3v) is 4.31. The first-order chi connectivity index (χ1) is 15.7. The standard InChI is InChI=1S/C22H24FN7.CO2/c1-22(2,3)20-9-5-8-16(27-20)12-26-13-19(30-25)18-11-17(28-21(24)29-18)14-6-4-7-15(23)10-14;2-1-3/h4-11,13H,12,25H2,1-3H3,(H2,24,28,29);. The summed E-state index contributed by atoms with van der Waals surface area (Å²) in [6, 6.07) is 13.6. The molecule has 9 nitrogen and oxygen atoms in total. The third kappa shape index (κ3) is 7.41. The number of rotatable bonds is 5. The lowest BCUT2D eigenvalue weighted by Gasteiger charge is -2.17. The summed E-state index contributed by atoms with van der Waals surface area (Å²) in [6.07, 6.45) is 1.77. The Morgan fingerprint density at radius 2 is 1.79 bits per heavy atom. The van der Waals surface area contributed by atoms with Crippen molar-refractivity contribution in [3.05, 3.63) is 71.4 Å². The highest BCUT2D eigenvalue weighted by Gasteiger charge is 2.15. The third-order valence-electron chi connectivity index (χ3n) is 4.31. The number of hydrogen-bond acceptors (Lipinski definition) is 9. The van der Waals surface area contributed by atoms with E-state index in [1.165, 1.54) is 18.3 Å². The summed E-state index contributed by atoms with van der Waals surface area (Å²) in [7, 11) is 0. The van der Waals surface area contributed by atoms with E-state index in [9.17, 15) is 4.39 Å². The largest absolute Gasteiger partial charge is 0.373 e. The summed E-state index contributed by atoms with van der Waals surface area (Å²) in [6.45, 7) is 6.69. The molecule has 170 valence electrons. The highest BCUT2D eigenvalue weighted by molar-refractivity contribution is 6.37. The predicted molar refractivity (Wildman–Crippen MR) is 123 cm³/mol. The first-order valence-corrected chi connectivity index (χ1v) is 9.82. The molecule has 1 aromatic carbocycles. The molecule has 0 aliphatic heterocycles. The zero-order valence-electron chi connectivity index (χ0n) is 18.5. The smallest absolute Gasteiger partial charge is 0.368 e. The summed E-state index contributed by atoms with van der Waals surface area (Å²) in [5, 5.41) is 3.77. The van der Waals surface area contributed by atoms with Gasteiger partial charge in [-0.2, -0.15) is 14.7 Å². The topological polar surface area (TPSA) is 150 Å². The highest BCUT2D eigenvalue weighted by Crippen LogP contribution is 2.21. The molecule has 0 amide bonds. The fourth-order valence-electron chi connectivity index (χ4n) is 2.77. The van der Waals surface area contributed by atoms with E-state index in [1.54, 1.807) is 18.2 Å². The Labute approximate surface area is 190 Å². The molecule has 0 saturated heterocycles. The summed E-state index contributed by atoms with van der Waals surface area (Å²) in [4.78, 5) is 33.7. The van der Waals surface area contributed by atoms with Crippen LogP contribution >= 0.6 is 0 Å². The summed E-state index contributed by atoms with van der Waals surface area (Å²) < 4.78 is 13.6. The summed E-state index contributed by atoms with van der Waals surface area (Å²) in [5.74, 6) is 5.21. The van der Waals surface area contributed by atoms with Gasteiger partial charge < -0.3 is 11.6 Å². The zero-order valence-corrected chi connectivity index (χ0v) is 18.5. The summed E-state index contributed by atoms with van der Waals surface area (Å²) in [5.41, 5.74) is 9.37. The molecule has 33 heavy (non-hydrogen) atoms. The van der Waals surface area contributed by atoms with Crippen LogP contribution in [0, 0.1) is 5.82 Å². The Kier molecular flexibility index (Phi) is 8.59. The number of anilines is 1. The fraction of sp³-hybridized carbons (Fsp3) is 0.217. The van der Waals surface area contributed by atoms with E-state index in [0.717, 1.165) is 11.4 Å². The maximum absolute atomic E-state index is 13.6. The van der Waals surface area contributed by atoms with E-state index in [0.29, 0.717) is 29.2 Å². The minimum atomic E-state index is -0.370. The Bertz CT molecular complexity index is 1200. The molecule has 4 N–H and O–H groups in total. The Morgan fingerprint density at radius 3 is 2.42 bits per heavy atom. The Balaban J connectivity index is 0.00000122. The number of halogens is 1. The van der Waals surface area contributed by atoms with E-state index in [1.807, 2.05) is 18.2 Å². The van der Waals surface area contributed by atoms with Crippen LogP contribution in [0.2, 0.25) is 0 Å². The van der Waals surface area contributed by atoms with Gasteiger partial charge in [-0.25, -0.2) is 14.4 Å². The first-order valence-electron chi connectivity index (χ1n) is 9.82. The quantitative estimate of drug-likeness (QED) is 0.345. The molecule has 0 aliphatic carbocycles. The van der Waals surface area contributed by atoms with Crippen LogP contribution in [0.4, 0.5) is 10.3 Å². The minimum Gasteiger partial charge on any atom is -0.368 e. The molecule has 0 saturated carbocycles. The van der Waals surface area contributed by atoms with Gasteiger partial charge >= 0.3 is 6.15 Å². The van der Waals surface area contributed by atoms with Gasteiger partial charge in [-0.15, -0.1) is 0 Å². The van der Waals surface area contributed by atoms with Gasteiger partial charge in [0.05, 0.1) is 29.8 Å². The Morgan fingerprint density at radius 1 is 1.09 bits per heavy atom. The second-order valence-corrected chi connectivity index (χ2v) is 7.84. The number of nitrogen functional groups attached to an aromatic ring is 1. The van der Waals surface area contributed by atoms with Gasteiger partial charge in [-0.05, 0) is 30.3 Å². The maximum Gasteiger partial charge on any atom is 0.373 e. The molecule has 0 bridgehead atoms. The van der Waals surface area contributed by atoms with Crippen molar-refractivity contribution in [2.75, 3.05) is 5.73 Å². The van der Waals surface area contributed by atoms with Crippen molar-refractivity contribution in [3.63, 3.8) is 0 Å². The van der Waals surface area contributed by atoms with Crippen LogP contribution in [-0.2, 0) is 21.5 Å². The van der Waals surface area contributed by atoms with Crippen molar-refractivity contribution in [3.8, 4) is 11.3 Å². The number of carbonyl (C=O) groups excluding carboxylic acids is 2. The van der Waals surface area contributed by atoms with E-state index < -0.39 is 0 Å². The molecule has 0 unspecified atom stereocenters. The number of benzene rings is 1. The summed E-state index contributed by atoms with van der Waals surface area (Å²) >= 11 is 0. The number of pyridine rings is 1. The van der Waals surface area contributed by atoms with Crippen LogP contribution in [0.25, 0.3) is 11.3 Å². The van der Waals surface area contributed by atoms with E-state index in [2.05, 4.69) is 45.8 Å². The fourth-order valence-corrected chi connectivity index (χ4v) is 2.77. The first kappa shape index (κ1) is 25.0. The number of hydrazone groups is 1. The predicted octanol–water partition coefficient (Wildman–Crippen LogP) is 2.91. The molecule has 0 radical (unpaired) electrons. The van der Waals surface area contributed by atoms with Crippen molar-refractivity contribution < 1.29 is 14.0 Å². The van der Waals surface area contributed by atoms with Crippen LogP contribution in [-0.4, -0.2) is 33.0 Å². The minimum absolute atomic E-state index is 0.0286. The van der Waals surface area contributed by atoms with Gasteiger partial charge in [0.1, 0.15) is 11.5 Å². The number of aliphatic imine (C=N–C) groups is 1. The monoisotopic (exact) mass is 449 g/mol. The molecule has 3 aromatic rings. The molecule has 2 heterocycles. The van der Waals surface area contributed by atoms with E-state index in [-0.39, 0.29) is 23.3 Å². The number of nitrogens with two attached hydrogens (primary N) is 2. The molecular weight excluding hydrogens is 425 g/mol. The zero-order chi connectivity index (χ0) is 24.4. The van der Waals surface area contributed by atoms with Crippen molar-refractivity contribution in [1.29, 1.82) is 0 Å². The second kappa shape index (κ2) is 11.4. The number of nitrogens with zero attached hydrogens (tertiary/aromatic N) is 5. The van der Waals surface area contributed by atoms with Crippen LogP contribution in [0.5, 0.6) is 0 Å². The maximum atomic E-state index is 13.6. The number of aromatic nitrogens is 3. The van der Waals surface area contributed by atoms with Gasteiger partial charge in [0, 0.05) is 16.7 Å². The average molecular weight is 449 g/mol. The lowest BCUT2D eigenvalue weighted by Crippen LogP contribution is -2.14. The molecule has 0 spiro atoms. The van der Waals surface area contributed by atoms with Gasteiger partial charge in [-0.3, -0.25) is 9.98 Å². The van der Waals surface area contributed by atoms with Gasteiger partial charge in [0.2, 0.25) is 5.95 Å². The van der Waals surface area contributed by atoms with E-state index >= 15 is 0 Å². The number of hydrogen-bond donors (Lipinski definition) is 2. The normalized spacial score (nSPS) is 11.6. The van der Waals surface area contributed by atoms with Crippen LogP contribution < -0.4 is 11.6 Å². The van der Waals surface area contributed by atoms with Crippen LogP contribution in [0.1, 0.15) is 37.9 Å². The van der Waals surface area contributed by atoms with Crippen LogP contribution in [0.3, 0.4) is 0 Å². The van der Waals surface area contributed by atoms with Gasteiger partial charge in [0.15, 0.2) is 0 Å². The van der Waals surface area contributed by atoms with Crippen LogP contribution in [0.15, 0.2) is 58.6 Å². The molecule has 3 rings (SSSR count).